The molecule has 1 aliphatic heterocycles. The number of nitrogens with zero attached hydrogens (tertiary/aromatic N) is 3. The molecule has 2 aromatic carbocycles. The van der Waals surface area contributed by atoms with Crippen LogP contribution in [0.4, 0.5) is 5.69 Å². The molecule has 180 valence electrons. The van der Waals surface area contributed by atoms with E-state index in [0.717, 1.165) is 11.3 Å². The van der Waals surface area contributed by atoms with Crippen molar-refractivity contribution in [1.29, 1.82) is 0 Å². The lowest BCUT2D eigenvalue weighted by atomic mass is 10.1. The Hall–Kier alpha value is -2.00. The Morgan fingerprint density at radius 3 is 2.24 bits per heavy atom. The number of rotatable bonds is 8. The molecule has 0 bridgehead atoms. The maximum Gasteiger partial charge on any atom is 0.260 e. The molecule has 0 saturated carbocycles. The minimum absolute atomic E-state index is 0.0345. The van der Waals surface area contributed by atoms with Gasteiger partial charge in [-0.3, -0.25) is 4.79 Å². The number of halogens is 2. The van der Waals surface area contributed by atoms with Crippen molar-refractivity contribution in [2.45, 2.75) is 25.7 Å². The average molecular weight is 514 g/mol. The first-order valence-electron chi connectivity index (χ1n) is 10.9. The number of carbonyl (C=O) groups excluding carboxylic acids is 1. The lowest BCUT2D eigenvalue weighted by Crippen LogP contribution is -2.50. The highest BCUT2D eigenvalue weighted by Crippen LogP contribution is 2.30. The fourth-order valence-electron chi connectivity index (χ4n) is 3.86. The molecule has 0 unspecified atom stereocenters. The summed E-state index contributed by atoms with van der Waals surface area (Å²) in [6.45, 7) is 8.38. The lowest BCUT2D eigenvalue weighted by Gasteiger charge is -2.36. The zero-order chi connectivity index (χ0) is 24.2. The molecule has 0 radical (unpaired) electrons. The third-order valence-electron chi connectivity index (χ3n) is 5.72. The quantitative estimate of drug-likeness (QED) is 0.532. The zero-order valence-electron chi connectivity index (χ0n) is 19.1. The van der Waals surface area contributed by atoms with Gasteiger partial charge in [0.1, 0.15) is 10.6 Å². The molecule has 1 fully saturated rings. The second kappa shape index (κ2) is 11.0. The van der Waals surface area contributed by atoms with Crippen molar-refractivity contribution < 1.29 is 17.9 Å². The van der Waals surface area contributed by atoms with Gasteiger partial charge in [0.05, 0.1) is 0 Å². The summed E-state index contributed by atoms with van der Waals surface area (Å²) in [7, 11) is -3.79. The molecule has 33 heavy (non-hydrogen) atoms. The van der Waals surface area contributed by atoms with Gasteiger partial charge in [0.2, 0.25) is 10.0 Å². The van der Waals surface area contributed by atoms with E-state index in [2.05, 4.69) is 4.90 Å². The summed E-state index contributed by atoms with van der Waals surface area (Å²) in [6.07, 6.45) is 0. The molecule has 2 aromatic rings. The summed E-state index contributed by atoms with van der Waals surface area (Å²) in [5.74, 6) is -0.0774. The van der Waals surface area contributed by atoms with Gasteiger partial charge in [-0.15, -0.1) is 0 Å². The Morgan fingerprint density at radius 2 is 1.61 bits per heavy atom. The number of sulfonamides is 1. The Kier molecular flexibility index (Phi) is 8.50. The number of hydrogen-bond acceptors (Lipinski definition) is 5. The number of aryl methyl sites for hydroxylation is 1. The first kappa shape index (κ1) is 25.6. The van der Waals surface area contributed by atoms with Gasteiger partial charge < -0.3 is 14.5 Å². The molecule has 1 heterocycles. The van der Waals surface area contributed by atoms with E-state index in [9.17, 15) is 13.2 Å². The molecule has 3 rings (SSSR count). The van der Waals surface area contributed by atoms with Crippen LogP contribution in [0.5, 0.6) is 5.75 Å². The van der Waals surface area contributed by atoms with Crippen molar-refractivity contribution in [3.8, 4) is 5.75 Å². The van der Waals surface area contributed by atoms with E-state index in [-0.39, 0.29) is 28.2 Å². The van der Waals surface area contributed by atoms with Crippen LogP contribution in [-0.2, 0) is 14.8 Å². The SMILES string of the molecule is CCN(CC)S(=O)(=O)c1cc(Cl)ccc1OCC(=O)N1CCN(c2cc(Cl)ccc2C)CC1. The van der Waals surface area contributed by atoms with Crippen LogP contribution in [0, 0.1) is 6.92 Å². The van der Waals surface area contributed by atoms with Crippen molar-refractivity contribution in [2.24, 2.45) is 0 Å². The van der Waals surface area contributed by atoms with Gasteiger partial charge in [-0.25, -0.2) is 8.42 Å². The first-order chi connectivity index (χ1) is 15.7. The van der Waals surface area contributed by atoms with E-state index in [4.69, 9.17) is 27.9 Å². The van der Waals surface area contributed by atoms with Gasteiger partial charge in [0, 0.05) is 55.0 Å². The summed E-state index contributed by atoms with van der Waals surface area (Å²) in [6, 6.07) is 10.2. The molecule has 1 aliphatic rings. The third-order valence-corrected chi connectivity index (χ3v) is 8.27. The van der Waals surface area contributed by atoms with Gasteiger partial charge in [-0.1, -0.05) is 43.1 Å². The third kappa shape index (κ3) is 5.93. The monoisotopic (exact) mass is 513 g/mol. The summed E-state index contributed by atoms with van der Waals surface area (Å²) >= 11 is 12.2. The van der Waals surface area contributed by atoms with Crippen LogP contribution < -0.4 is 9.64 Å². The highest BCUT2D eigenvalue weighted by atomic mass is 35.5. The number of anilines is 1. The largest absolute Gasteiger partial charge is 0.482 e. The second-order valence-corrected chi connectivity index (χ2v) is 10.5. The fourth-order valence-corrected chi connectivity index (χ4v) is 5.87. The highest BCUT2D eigenvalue weighted by Gasteiger charge is 2.27. The predicted octanol–water partition coefficient (Wildman–Crippen LogP) is 4.06. The van der Waals surface area contributed by atoms with Crippen LogP contribution in [0.2, 0.25) is 10.0 Å². The van der Waals surface area contributed by atoms with E-state index in [0.29, 0.717) is 44.3 Å². The molecule has 0 N–H and O–H groups in total. The fraction of sp³-hybridized carbons (Fsp3) is 0.435. The number of piperazine rings is 1. The molecule has 0 aromatic heterocycles. The van der Waals surface area contributed by atoms with Gasteiger partial charge in [0.15, 0.2) is 6.61 Å². The van der Waals surface area contributed by atoms with Crippen LogP contribution >= 0.6 is 23.2 Å². The number of ether oxygens (including phenoxy) is 1. The Labute approximate surface area is 205 Å². The van der Waals surface area contributed by atoms with Gasteiger partial charge in [-0.05, 0) is 42.8 Å². The van der Waals surface area contributed by atoms with Gasteiger partial charge in [0.25, 0.3) is 5.91 Å². The van der Waals surface area contributed by atoms with Crippen molar-refractivity contribution in [3.05, 3.63) is 52.0 Å². The Bertz CT molecular complexity index is 1100. The van der Waals surface area contributed by atoms with Gasteiger partial charge in [-0.2, -0.15) is 4.31 Å². The van der Waals surface area contributed by atoms with Crippen LogP contribution in [0.3, 0.4) is 0 Å². The highest BCUT2D eigenvalue weighted by molar-refractivity contribution is 7.89. The van der Waals surface area contributed by atoms with Crippen molar-refractivity contribution in [3.63, 3.8) is 0 Å². The van der Waals surface area contributed by atoms with E-state index in [1.165, 1.54) is 16.4 Å². The molecule has 1 saturated heterocycles. The zero-order valence-corrected chi connectivity index (χ0v) is 21.4. The second-order valence-electron chi connectivity index (χ2n) is 7.77. The van der Waals surface area contributed by atoms with Crippen LogP contribution in [0.15, 0.2) is 41.3 Å². The molecule has 0 spiro atoms. The number of hydrogen-bond donors (Lipinski definition) is 0. The number of carbonyl (C=O) groups is 1. The van der Waals surface area contributed by atoms with Crippen LogP contribution in [0.1, 0.15) is 19.4 Å². The maximum absolute atomic E-state index is 13.0. The smallest absolute Gasteiger partial charge is 0.260 e. The molecular formula is C23H29Cl2N3O4S. The van der Waals surface area contributed by atoms with E-state index in [1.807, 2.05) is 25.1 Å². The topological polar surface area (TPSA) is 70.2 Å². The Balaban J connectivity index is 1.66. The molecular weight excluding hydrogens is 485 g/mol. The standard InChI is InChI=1S/C23H29Cl2N3O4S/c1-4-28(5-2)33(30,31)22-15-19(25)8-9-21(22)32-16-23(29)27-12-10-26(11-13-27)20-14-18(24)7-6-17(20)3/h6-9,14-15H,4-5,10-13,16H2,1-3H3. The summed E-state index contributed by atoms with van der Waals surface area (Å²) < 4.78 is 33.0. The van der Waals surface area contributed by atoms with Crippen LogP contribution in [-0.4, -0.2) is 69.4 Å². The first-order valence-corrected chi connectivity index (χ1v) is 13.1. The summed E-state index contributed by atoms with van der Waals surface area (Å²) in [5.41, 5.74) is 2.20. The van der Waals surface area contributed by atoms with Crippen molar-refractivity contribution >= 4 is 44.8 Å². The average Bonchev–Trinajstić information content (AvgIpc) is 2.80. The van der Waals surface area contributed by atoms with E-state index < -0.39 is 10.0 Å². The molecule has 0 atom stereocenters. The molecule has 1 amide bonds. The number of amides is 1. The maximum atomic E-state index is 13.0. The predicted molar refractivity (Wildman–Crippen MR) is 132 cm³/mol. The minimum atomic E-state index is -3.79. The normalized spacial score (nSPS) is 14.6. The number of benzene rings is 2. The van der Waals surface area contributed by atoms with Crippen LogP contribution in [0.25, 0.3) is 0 Å². The molecule has 0 aliphatic carbocycles. The van der Waals surface area contributed by atoms with E-state index >= 15 is 0 Å². The summed E-state index contributed by atoms with van der Waals surface area (Å²) in [5, 5.41) is 0.966. The molecule has 10 heteroatoms. The Morgan fingerprint density at radius 1 is 1.00 bits per heavy atom. The summed E-state index contributed by atoms with van der Waals surface area (Å²) in [4.78, 5) is 16.7. The minimum Gasteiger partial charge on any atom is -0.482 e. The van der Waals surface area contributed by atoms with Crippen molar-refractivity contribution in [1.82, 2.24) is 9.21 Å². The lowest BCUT2D eigenvalue weighted by molar-refractivity contribution is -0.133. The van der Waals surface area contributed by atoms with Crippen molar-refractivity contribution in [2.75, 3.05) is 50.8 Å². The molecule has 7 nitrogen and oxygen atoms in total. The van der Waals surface area contributed by atoms with E-state index in [1.54, 1.807) is 24.8 Å². The van der Waals surface area contributed by atoms with Gasteiger partial charge >= 0.3 is 0 Å².